The largest absolute Gasteiger partial charge is 0.347 e. The molecule has 2 aromatic rings. The average Bonchev–Trinajstić information content (AvgIpc) is 2.64. The molecule has 1 aromatic heterocycles. The summed E-state index contributed by atoms with van der Waals surface area (Å²) < 4.78 is 2.39. The molecule has 0 saturated heterocycles. The summed E-state index contributed by atoms with van der Waals surface area (Å²) in [6.07, 6.45) is 5.82. The van der Waals surface area contributed by atoms with Crippen molar-refractivity contribution in [3.63, 3.8) is 0 Å². The topological polar surface area (TPSA) is 4.93 Å². The maximum atomic E-state index is 4.30. The minimum atomic E-state index is 0.936. The molecule has 78 valence electrons. The molecule has 0 fully saturated rings. The van der Waals surface area contributed by atoms with Crippen molar-refractivity contribution in [2.75, 3.05) is 5.75 Å². The highest BCUT2D eigenvalue weighted by atomic mass is 32.1. The molecule has 0 radical (unpaired) electrons. The lowest BCUT2D eigenvalue weighted by Crippen LogP contribution is -2.07. The van der Waals surface area contributed by atoms with Crippen LogP contribution in [0.5, 0.6) is 0 Å². The van der Waals surface area contributed by atoms with Gasteiger partial charge < -0.3 is 4.57 Å². The molecule has 2 heteroatoms. The van der Waals surface area contributed by atoms with Gasteiger partial charge in [-0.15, -0.1) is 0 Å². The first-order valence-corrected chi connectivity index (χ1v) is 6.23. The lowest BCUT2D eigenvalue weighted by Gasteiger charge is -2.16. The summed E-state index contributed by atoms with van der Waals surface area (Å²) in [4.78, 5) is 0. The quantitative estimate of drug-likeness (QED) is 0.738. The molecule has 1 aliphatic heterocycles. The number of hydrogen-bond acceptors (Lipinski definition) is 1. The van der Waals surface area contributed by atoms with Gasteiger partial charge in [0, 0.05) is 18.1 Å². The number of hydrogen-bond donors (Lipinski definition) is 1. The van der Waals surface area contributed by atoms with Gasteiger partial charge in [0.2, 0.25) is 0 Å². The summed E-state index contributed by atoms with van der Waals surface area (Å²) in [6.45, 7) is 1.18. The van der Waals surface area contributed by atoms with Gasteiger partial charge in [-0.1, -0.05) is 6.07 Å². The van der Waals surface area contributed by atoms with Crippen molar-refractivity contribution in [1.29, 1.82) is 0 Å². The van der Waals surface area contributed by atoms with Gasteiger partial charge >= 0.3 is 0 Å². The summed E-state index contributed by atoms with van der Waals surface area (Å²) >= 11 is 4.30. The maximum absolute atomic E-state index is 4.30. The Kier molecular flexibility index (Phi) is 2.24. The van der Waals surface area contributed by atoms with E-state index in [0.29, 0.717) is 0 Å². The van der Waals surface area contributed by atoms with Crippen molar-refractivity contribution in [2.24, 2.45) is 0 Å². The van der Waals surface area contributed by atoms with Crippen LogP contribution in [0.2, 0.25) is 0 Å². The van der Waals surface area contributed by atoms with E-state index in [1.54, 1.807) is 0 Å². The van der Waals surface area contributed by atoms with Crippen molar-refractivity contribution in [1.82, 2.24) is 4.57 Å². The Morgan fingerprint density at radius 3 is 3.13 bits per heavy atom. The second kappa shape index (κ2) is 3.60. The highest BCUT2D eigenvalue weighted by molar-refractivity contribution is 7.80. The second-order valence-electron chi connectivity index (χ2n) is 4.28. The minimum absolute atomic E-state index is 0.936. The van der Waals surface area contributed by atoms with Gasteiger partial charge in [0.1, 0.15) is 0 Å². The smallest absolute Gasteiger partial charge is 0.0513 e. The number of nitrogens with zero attached hydrogens (tertiary/aromatic N) is 1. The summed E-state index contributed by atoms with van der Waals surface area (Å²) in [5, 5.41) is 1.41. The third kappa shape index (κ3) is 1.48. The van der Waals surface area contributed by atoms with E-state index in [2.05, 4.69) is 41.6 Å². The Morgan fingerprint density at radius 2 is 2.27 bits per heavy atom. The summed E-state index contributed by atoms with van der Waals surface area (Å²) in [5.41, 5.74) is 4.43. The van der Waals surface area contributed by atoms with Gasteiger partial charge in [-0.2, -0.15) is 12.6 Å². The molecule has 2 heterocycles. The van der Waals surface area contributed by atoms with Crippen LogP contribution in [-0.2, 0) is 19.4 Å². The molecular formula is C13H15NS. The Morgan fingerprint density at radius 1 is 1.33 bits per heavy atom. The number of benzene rings is 1. The van der Waals surface area contributed by atoms with Crippen molar-refractivity contribution >= 4 is 23.5 Å². The van der Waals surface area contributed by atoms with E-state index < -0.39 is 0 Å². The molecule has 0 atom stereocenters. The normalized spacial score (nSPS) is 14.7. The van der Waals surface area contributed by atoms with Crippen LogP contribution < -0.4 is 0 Å². The molecule has 0 saturated carbocycles. The third-order valence-corrected chi connectivity index (χ3v) is 3.47. The van der Waals surface area contributed by atoms with Crippen molar-refractivity contribution in [3.05, 3.63) is 35.5 Å². The van der Waals surface area contributed by atoms with Gasteiger partial charge in [0.25, 0.3) is 0 Å². The van der Waals surface area contributed by atoms with E-state index in [9.17, 15) is 0 Å². The fourth-order valence-electron chi connectivity index (χ4n) is 2.60. The molecule has 1 aromatic carbocycles. The third-order valence-electron chi connectivity index (χ3n) is 3.24. The Labute approximate surface area is 95.5 Å². The van der Waals surface area contributed by atoms with Crippen LogP contribution in [0.4, 0.5) is 0 Å². The van der Waals surface area contributed by atoms with Gasteiger partial charge in [0.05, 0.1) is 5.52 Å². The molecule has 0 N–H and O–H groups in total. The van der Waals surface area contributed by atoms with Crippen LogP contribution in [0.15, 0.2) is 24.4 Å². The van der Waals surface area contributed by atoms with Crippen LogP contribution in [-0.4, -0.2) is 10.3 Å². The van der Waals surface area contributed by atoms with Crippen LogP contribution in [0.3, 0.4) is 0 Å². The Bertz CT molecular complexity index is 498. The zero-order valence-corrected chi connectivity index (χ0v) is 9.63. The Balaban J connectivity index is 2.22. The van der Waals surface area contributed by atoms with Crippen LogP contribution in [0.25, 0.3) is 10.9 Å². The van der Waals surface area contributed by atoms with E-state index in [4.69, 9.17) is 0 Å². The molecular weight excluding hydrogens is 202 g/mol. The molecule has 15 heavy (non-hydrogen) atoms. The van der Waals surface area contributed by atoms with Gasteiger partial charge in [-0.3, -0.25) is 0 Å². The molecule has 3 rings (SSSR count). The lowest BCUT2D eigenvalue weighted by atomic mass is 9.99. The fourth-order valence-corrected chi connectivity index (χ4v) is 2.86. The van der Waals surface area contributed by atoms with Gasteiger partial charge in [-0.05, 0) is 48.3 Å². The predicted molar refractivity (Wildman–Crippen MR) is 67.8 cm³/mol. The highest BCUT2D eigenvalue weighted by Gasteiger charge is 2.12. The number of rotatable bonds is 2. The first-order chi connectivity index (χ1) is 7.38. The molecule has 1 nitrogen and oxygen atoms in total. The zero-order valence-electron chi connectivity index (χ0n) is 8.74. The van der Waals surface area contributed by atoms with E-state index in [0.717, 1.165) is 12.2 Å². The fraction of sp³-hybridized carbons (Fsp3) is 0.385. The number of aromatic nitrogens is 1. The molecule has 1 aliphatic rings. The summed E-state index contributed by atoms with van der Waals surface area (Å²) in [7, 11) is 0. The monoisotopic (exact) mass is 217 g/mol. The minimum Gasteiger partial charge on any atom is -0.347 e. The van der Waals surface area contributed by atoms with Gasteiger partial charge in [-0.25, -0.2) is 0 Å². The first kappa shape index (κ1) is 9.34. The molecule has 0 aliphatic carbocycles. The molecule has 0 bridgehead atoms. The number of aryl methyl sites for hydroxylation is 3. The zero-order chi connectivity index (χ0) is 10.3. The first-order valence-electron chi connectivity index (χ1n) is 5.60. The van der Waals surface area contributed by atoms with Crippen LogP contribution in [0.1, 0.15) is 17.5 Å². The standard InChI is InChI=1S/C13H15NS/c15-7-4-10-8-11-2-1-5-14-6-3-12(9-10)13(11)14/h3,6,8-9,15H,1-2,4-5,7H2. The van der Waals surface area contributed by atoms with Crippen molar-refractivity contribution in [2.45, 2.75) is 25.8 Å². The summed E-state index contributed by atoms with van der Waals surface area (Å²) in [5.74, 6) is 0.936. The van der Waals surface area contributed by atoms with Crippen molar-refractivity contribution in [3.8, 4) is 0 Å². The summed E-state index contributed by atoms with van der Waals surface area (Å²) in [6, 6.07) is 6.93. The van der Waals surface area contributed by atoms with E-state index >= 15 is 0 Å². The highest BCUT2D eigenvalue weighted by Crippen LogP contribution is 2.27. The van der Waals surface area contributed by atoms with Gasteiger partial charge in [0.15, 0.2) is 0 Å². The number of thiol groups is 1. The lowest BCUT2D eigenvalue weighted by molar-refractivity contribution is 0.635. The van der Waals surface area contributed by atoms with Crippen molar-refractivity contribution < 1.29 is 0 Å². The maximum Gasteiger partial charge on any atom is 0.0513 e. The Hall–Kier alpha value is -0.890. The average molecular weight is 217 g/mol. The molecule has 0 spiro atoms. The van der Waals surface area contributed by atoms with E-state index in [1.165, 1.54) is 41.4 Å². The van der Waals surface area contributed by atoms with Crippen LogP contribution in [0, 0.1) is 0 Å². The van der Waals surface area contributed by atoms with E-state index in [-0.39, 0.29) is 0 Å². The second-order valence-corrected chi connectivity index (χ2v) is 4.73. The molecule has 0 amide bonds. The predicted octanol–water partition coefficient (Wildman–Crippen LogP) is 3.06. The molecule has 0 unspecified atom stereocenters. The van der Waals surface area contributed by atoms with E-state index in [1.807, 2.05) is 0 Å². The SMILES string of the molecule is SCCc1cc2c3c(ccn3CCC2)c1. The van der Waals surface area contributed by atoms with Crippen LogP contribution >= 0.6 is 12.6 Å².